The van der Waals surface area contributed by atoms with Crippen LogP contribution in [0.15, 0.2) is 53.1 Å². The maximum Gasteiger partial charge on any atom is 0.134 e. The first-order valence-corrected chi connectivity index (χ1v) is 10.2. The van der Waals surface area contributed by atoms with Gasteiger partial charge >= 0.3 is 0 Å². The lowest BCUT2D eigenvalue weighted by molar-refractivity contribution is 0.602. The molecular weight excluding hydrogens is 425 g/mol. The van der Waals surface area contributed by atoms with Gasteiger partial charge in [-0.2, -0.15) is 0 Å². The SMILES string of the molecule is CC(C)c1cc(-c2ccc(Cl)c(-c3cccc(C(C)C)c3F)c2)cc(Br)n1. The second-order valence-corrected chi connectivity index (χ2v) is 8.54. The predicted octanol–water partition coefficient (Wildman–Crippen LogP) is 8.22. The molecule has 3 rings (SSSR count). The van der Waals surface area contributed by atoms with E-state index in [1.165, 1.54) is 0 Å². The van der Waals surface area contributed by atoms with Crippen molar-refractivity contribution in [2.75, 3.05) is 0 Å². The van der Waals surface area contributed by atoms with E-state index < -0.39 is 0 Å². The van der Waals surface area contributed by atoms with Crippen LogP contribution in [0.2, 0.25) is 5.02 Å². The van der Waals surface area contributed by atoms with Gasteiger partial charge < -0.3 is 0 Å². The Morgan fingerprint density at radius 3 is 2.30 bits per heavy atom. The Labute approximate surface area is 173 Å². The Bertz CT molecular complexity index is 982. The van der Waals surface area contributed by atoms with E-state index in [1.807, 2.05) is 50.2 Å². The van der Waals surface area contributed by atoms with Crippen molar-refractivity contribution in [2.45, 2.75) is 39.5 Å². The molecule has 0 aliphatic rings. The Morgan fingerprint density at radius 1 is 0.889 bits per heavy atom. The van der Waals surface area contributed by atoms with Crippen molar-refractivity contribution in [2.24, 2.45) is 0 Å². The second kappa shape index (κ2) is 8.12. The lowest BCUT2D eigenvalue weighted by Crippen LogP contribution is -1.97. The molecule has 27 heavy (non-hydrogen) atoms. The third-order valence-corrected chi connectivity index (χ3v) is 5.38. The molecule has 0 atom stereocenters. The fourth-order valence-electron chi connectivity index (χ4n) is 3.09. The van der Waals surface area contributed by atoms with Crippen LogP contribution in [0.5, 0.6) is 0 Å². The standard InChI is InChI=1S/C23H22BrClFN/c1-13(2)17-6-5-7-18(23(17)26)19-10-15(8-9-20(19)25)16-11-21(14(3)4)27-22(24)12-16/h5-14H,1-4H3. The minimum Gasteiger partial charge on any atom is -0.246 e. The second-order valence-electron chi connectivity index (χ2n) is 7.32. The Hall–Kier alpha value is -1.71. The van der Waals surface area contributed by atoms with Gasteiger partial charge in [0.1, 0.15) is 10.4 Å². The first-order valence-electron chi connectivity index (χ1n) is 9.04. The van der Waals surface area contributed by atoms with E-state index in [-0.39, 0.29) is 11.7 Å². The molecule has 2 aromatic carbocycles. The lowest BCUT2D eigenvalue weighted by atomic mass is 9.94. The summed E-state index contributed by atoms with van der Waals surface area (Å²) in [6.45, 7) is 8.20. The summed E-state index contributed by atoms with van der Waals surface area (Å²) < 4.78 is 15.9. The molecule has 0 aliphatic heterocycles. The average molecular weight is 447 g/mol. The van der Waals surface area contributed by atoms with Crippen LogP contribution in [0.3, 0.4) is 0 Å². The minimum absolute atomic E-state index is 0.108. The zero-order valence-electron chi connectivity index (χ0n) is 15.9. The van der Waals surface area contributed by atoms with Crippen LogP contribution < -0.4 is 0 Å². The third kappa shape index (κ3) is 4.25. The van der Waals surface area contributed by atoms with Crippen molar-refractivity contribution < 1.29 is 4.39 Å². The van der Waals surface area contributed by atoms with Crippen molar-refractivity contribution in [1.29, 1.82) is 0 Å². The number of halogens is 3. The molecule has 0 aliphatic carbocycles. The molecule has 0 saturated carbocycles. The van der Waals surface area contributed by atoms with Crippen LogP contribution in [-0.4, -0.2) is 4.98 Å². The molecular formula is C23H22BrClFN. The summed E-state index contributed by atoms with van der Waals surface area (Å²) in [5.74, 6) is 0.218. The van der Waals surface area contributed by atoms with Gasteiger partial charge in [-0.15, -0.1) is 0 Å². The number of nitrogens with zero attached hydrogens (tertiary/aromatic N) is 1. The van der Waals surface area contributed by atoms with Crippen LogP contribution in [-0.2, 0) is 0 Å². The van der Waals surface area contributed by atoms with E-state index in [1.54, 1.807) is 6.07 Å². The van der Waals surface area contributed by atoms with Gasteiger partial charge in [0, 0.05) is 21.8 Å². The monoisotopic (exact) mass is 445 g/mol. The van der Waals surface area contributed by atoms with Gasteiger partial charge in [0.15, 0.2) is 0 Å². The summed E-state index contributed by atoms with van der Waals surface area (Å²) in [5, 5.41) is 0.538. The highest BCUT2D eigenvalue weighted by atomic mass is 79.9. The molecule has 0 fully saturated rings. The van der Waals surface area contributed by atoms with E-state index in [0.717, 1.165) is 21.4 Å². The maximum absolute atomic E-state index is 15.1. The summed E-state index contributed by atoms with van der Waals surface area (Å²) in [6.07, 6.45) is 0. The third-order valence-electron chi connectivity index (χ3n) is 4.65. The van der Waals surface area contributed by atoms with E-state index in [0.29, 0.717) is 27.6 Å². The minimum atomic E-state index is -0.203. The molecule has 0 N–H and O–H groups in total. The highest BCUT2D eigenvalue weighted by Crippen LogP contribution is 2.36. The van der Waals surface area contributed by atoms with E-state index in [2.05, 4.69) is 40.8 Å². The van der Waals surface area contributed by atoms with Crippen molar-refractivity contribution in [3.63, 3.8) is 0 Å². The normalized spacial score (nSPS) is 11.4. The first-order chi connectivity index (χ1) is 12.8. The quantitative estimate of drug-likeness (QED) is 0.368. The van der Waals surface area contributed by atoms with Crippen LogP contribution in [0, 0.1) is 5.82 Å². The number of aromatic nitrogens is 1. The summed E-state index contributed by atoms with van der Waals surface area (Å²) in [6, 6.07) is 15.3. The number of hydrogen-bond donors (Lipinski definition) is 0. The molecule has 4 heteroatoms. The molecule has 0 saturated heterocycles. The molecule has 1 nitrogen and oxygen atoms in total. The van der Waals surface area contributed by atoms with Gasteiger partial charge in [0.25, 0.3) is 0 Å². The van der Waals surface area contributed by atoms with Gasteiger partial charge in [-0.25, -0.2) is 9.37 Å². The van der Waals surface area contributed by atoms with Crippen molar-refractivity contribution >= 4 is 27.5 Å². The van der Waals surface area contributed by atoms with E-state index in [4.69, 9.17) is 11.6 Å². The Morgan fingerprint density at radius 2 is 1.63 bits per heavy atom. The molecule has 1 aromatic heterocycles. The zero-order valence-corrected chi connectivity index (χ0v) is 18.2. The molecule has 3 aromatic rings. The van der Waals surface area contributed by atoms with E-state index >= 15 is 4.39 Å². The molecule has 140 valence electrons. The number of pyridine rings is 1. The Balaban J connectivity index is 2.16. The molecule has 0 radical (unpaired) electrons. The van der Waals surface area contributed by atoms with E-state index in [9.17, 15) is 0 Å². The highest BCUT2D eigenvalue weighted by Gasteiger charge is 2.16. The Kier molecular flexibility index (Phi) is 6.02. The molecule has 0 amide bonds. The van der Waals surface area contributed by atoms with Gasteiger partial charge in [-0.3, -0.25) is 0 Å². The smallest absolute Gasteiger partial charge is 0.134 e. The fraction of sp³-hybridized carbons (Fsp3) is 0.261. The summed E-state index contributed by atoms with van der Waals surface area (Å²) >= 11 is 9.94. The number of benzene rings is 2. The summed E-state index contributed by atoms with van der Waals surface area (Å²) in [7, 11) is 0. The maximum atomic E-state index is 15.1. The van der Waals surface area contributed by atoms with Gasteiger partial charge in [0.2, 0.25) is 0 Å². The fourth-order valence-corrected chi connectivity index (χ4v) is 3.77. The molecule has 0 bridgehead atoms. The topological polar surface area (TPSA) is 12.9 Å². The van der Waals surface area contributed by atoms with Crippen molar-refractivity contribution in [1.82, 2.24) is 4.98 Å². The first kappa shape index (κ1) is 20.0. The molecule has 0 unspecified atom stereocenters. The van der Waals surface area contributed by atoms with Crippen molar-refractivity contribution in [3.05, 3.63) is 75.2 Å². The highest BCUT2D eigenvalue weighted by molar-refractivity contribution is 9.10. The van der Waals surface area contributed by atoms with Gasteiger partial charge in [-0.1, -0.05) is 63.6 Å². The largest absolute Gasteiger partial charge is 0.246 e. The van der Waals surface area contributed by atoms with Gasteiger partial charge in [-0.05, 0) is 68.7 Å². The summed E-state index contributed by atoms with van der Waals surface area (Å²) in [5.41, 5.74) is 4.94. The van der Waals surface area contributed by atoms with Crippen LogP contribution in [0.1, 0.15) is 50.8 Å². The van der Waals surface area contributed by atoms with Crippen molar-refractivity contribution in [3.8, 4) is 22.3 Å². The number of rotatable bonds is 4. The van der Waals surface area contributed by atoms with Crippen LogP contribution in [0.4, 0.5) is 4.39 Å². The van der Waals surface area contributed by atoms with Gasteiger partial charge in [0.05, 0.1) is 0 Å². The molecule has 1 heterocycles. The summed E-state index contributed by atoms with van der Waals surface area (Å²) in [4.78, 5) is 4.53. The zero-order chi connectivity index (χ0) is 19.7. The number of hydrogen-bond acceptors (Lipinski definition) is 1. The van der Waals surface area contributed by atoms with Crippen LogP contribution in [0.25, 0.3) is 22.3 Å². The predicted molar refractivity (Wildman–Crippen MR) is 116 cm³/mol. The van der Waals surface area contributed by atoms with Crippen LogP contribution >= 0.6 is 27.5 Å². The lowest BCUT2D eigenvalue weighted by Gasteiger charge is -2.14. The molecule has 0 spiro atoms. The average Bonchev–Trinajstić information content (AvgIpc) is 2.61.